The molecule has 0 aromatic carbocycles. The molecular weight excluding hydrogens is 266 g/mol. The number of rotatable bonds is 5. The van der Waals surface area contributed by atoms with Gasteiger partial charge in [-0.05, 0) is 26.2 Å². The zero-order valence-electron chi connectivity index (χ0n) is 13.3. The second kappa shape index (κ2) is 6.46. The molecule has 0 saturated carbocycles. The van der Waals surface area contributed by atoms with Gasteiger partial charge in [0.05, 0.1) is 18.9 Å². The summed E-state index contributed by atoms with van der Waals surface area (Å²) in [6.07, 6.45) is 7.96. The molecule has 21 heavy (non-hydrogen) atoms. The highest BCUT2D eigenvalue weighted by atomic mass is 16.5. The maximum atomic E-state index is 6.06. The fraction of sp³-hybridized carbons (Fsp3) is 0.812. The Balaban J connectivity index is 1.68. The van der Waals surface area contributed by atoms with Crippen LogP contribution in [-0.4, -0.2) is 53.7 Å². The van der Waals surface area contributed by atoms with Gasteiger partial charge in [-0.25, -0.2) is 0 Å². The van der Waals surface area contributed by atoms with Crippen LogP contribution in [0.5, 0.6) is 0 Å². The summed E-state index contributed by atoms with van der Waals surface area (Å²) in [6.45, 7) is 7.77. The molecule has 3 rings (SSSR count). The second-order valence-electron chi connectivity index (χ2n) is 6.48. The van der Waals surface area contributed by atoms with Crippen LogP contribution in [0.3, 0.4) is 0 Å². The molecule has 0 N–H and O–H groups in total. The molecule has 0 amide bonds. The molecule has 2 saturated heterocycles. The van der Waals surface area contributed by atoms with Gasteiger partial charge in [-0.1, -0.05) is 0 Å². The molecule has 0 bridgehead atoms. The van der Waals surface area contributed by atoms with Crippen molar-refractivity contribution in [1.82, 2.24) is 14.7 Å². The third-order valence-electron chi connectivity index (χ3n) is 4.83. The van der Waals surface area contributed by atoms with E-state index in [4.69, 9.17) is 9.47 Å². The summed E-state index contributed by atoms with van der Waals surface area (Å²) in [5.74, 6) is 0. The lowest BCUT2D eigenvalue weighted by Gasteiger charge is -2.50. The third-order valence-corrected chi connectivity index (χ3v) is 4.83. The zero-order chi connectivity index (χ0) is 14.7. The van der Waals surface area contributed by atoms with E-state index >= 15 is 0 Å². The first kappa shape index (κ1) is 15.0. The minimum Gasteiger partial charge on any atom is -0.381 e. The van der Waals surface area contributed by atoms with E-state index in [1.54, 1.807) is 0 Å². The number of aryl methyl sites for hydroxylation is 1. The summed E-state index contributed by atoms with van der Waals surface area (Å²) >= 11 is 0. The normalized spacial score (nSPS) is 30.3. The molecule has 1 aromatic rings. The van der Waals surface area contributed by atoms with E-state index in [0.717, 1.165) is 52.3 Å². The molecule has 5 nitrogen and oxygen atoms in total. The lowest BCUT2D eigenvalue weighted by atomic mass is 9.73. The highest BCUT2D eigenvalue weighted by Crippen LogP contribution is 2.40. The van der Waals surface area contributed by atoms with Crippen molar-refractivity contribution in [2.45, 2.75) is 38.8 Å². The fourth-order valence-electron chi connectivity index (χ4n) is 3.84. The molecule has 0 spiro atoms. The van der Waals surface area contributed by atoms with Crippen LogP contribution in [0, 0.1) is 5.41 Å². The summed E-state index contributed by atoms with van der Waals surface area (Å²) in [5, 5.41) is 4.27. The predicted molar refractivity (Wildman–Crippen MR) is 81.0 cm³/mol. The Labute approximate surface area is 127 Å². The topological polar surface area (TPSA) is 39.5 Å². The lowest BCUT2D eigenvalue weighted by Crippen LogP contribution is -2.56. The molecule has 2 aliphatic rings. The molecule has 3 heterocycles. The van der Waals surface area contributed by atoms with Gasteiger partial charge >= 0.3 is 0 Å². The Morgan fingerprint density at radius 1 is 1.52 bits per heavy atom. The lowest BCUT2D eigenvalue weighted by molar-refractivity contribution is -0.153. The molecule has 2 atom stereocenters. The van der Waals surface area contributed by atoms with Crippen molar-refractivity contribution in [3.05, 3.63) is 18.0 Å². The minimum atomic E-state index is 0.189. The van der Waals surface area contributed by atoms with Gasteiger partial charge in [0.1, 0.15) is 0 Å². The smallest absolute Gasteiger partial charge is 0.0677 e. The second-order valence-corrected chi connectivity index (χ2v) is 6.48. The number of hydrogen-bond acceptors (Lipinski definition) is 4. The van der Waals surface area contributed by atoms with Crippen molar-refractivity contribution in [3.8, 4) is 0 Å². The SMILES string of the molecule is CCOC[C@@]12CCCO[C@@H]1CCN(Cc1cnn(C)c1)C2. The molecular formula is C16H27N3O2. The number of ether oxygens (including phenoxy) is 2. The summed E-state index contributed by atoms with van der Waals surface area (Å²) in [7, 11) is 1.97. The van der Waals surface area contributed by atoms with Crippen LogP contribution in [0.2, 0.25) is 0 Å². The Morgan fingerprint density at radius 3 is 3.19 bits per heavy atom. The number of likely N-dealkylation sites (tertiary alicyclic amines) is 1. The maximum absolute atomic E-state index is 6.06. The predicted octanol–water partition coefficient (Wildman–Crippen LogP) is 1.83. The van der Waals surface area contributed by atoms with Crippen molar-refractivity contribution in [2.24, 2.45) is 12.5 Å². The third kappa shape index (κ3) is 3.30. The van der Waals surface area contributed by atoms with E-state index in [1.807, 2.05) is 17.9 Å². The van der Waals surface area contributed by atoms with Crippen LogP contribution in [0.4, 0.5) is 0 Å². The van der Waals surface area contributed by atoms with Crippen molar-refractivity contribution in [1.29, 1.82) is 0 Å². The average Bonchev–Trinajstić information content (AvgIpc) is 2.90. The summed E-state index contributed by atoms with van der Waals surface area (Å²) in [4.78, 5) is 2.54. The first-order valence-electron chi connectivity index (χ1n) is 8.11. The Hall–Kier alpha value is -0.910. The monoisotopic (exact) mass is 293 g/mol. The molecule has 5 heteroatoms. The van der Waals surface area contributed by atoms with Crippen molar-refractivity contribution in [2.75, 3.05) is 32.9 Å². The van der Waals surface area contributed by atoms with E-state index in [2.05, 4.69) is 23.1 Å². The quantitative estimate of drug-likeness (QED) is 0.830. The van der Waals surface area contributed by atoms with Gasteiger partial charge in [0, 0.05) is 57.1 Å². The summed E-state index contributed by atoms with van der Waals surface area (Å²) < 4.78 is 13.8. The van der Waals surface area contributed by atoms with Crippen LogP contribution in [0.25, 0.3) is 0 Å². The highest BCUT2D eigenvalue weighted by molar-refractivity contribution is 5.05. The molecule has 2 aliphatic heterocycles. The zero-order valence-corrected chi connectivity index (χ0v) is 13.3. The first-order valence-corrected chi connectivity index (χ1v) is 8.11. The van der Waals surface area contributed by atoms with Crippen molar-refractivity contribution in [3.63, 3.8) is 0 Å². The minimum absolute atomic E-state index is 0.189. The van der Waals surface area contributed by atoms with Crippen LogP contribution < -0.4 is 0 Å². The molecule has 0 unspecified atom stereocenters. The highest BCUT2D eigenvalue weighted by Gasteiger charge is 2.46. The summed E-state index contributed by atoms with van der Waals surface area (Å²) in [5.41, 5.74) is 1.48. The standard InChI is InChI=1S/C16H27N3O2/c1-3-20-13-16-6-4-8-21-15(16)5-7-19(12-16)11-14-9-17-18(2)10-14/h9-10,15H,3-8,11-13H2,1-2H3/t15-,16+/m1/s1. The molecule has 0 radical (unpaired) electrons. The van der Waals surface area contributed by atoms with Gasteiger partial charge in [0.15, 0.2) is 0 Å². The first-order chi connectivity index (χ1) is 10.2. The van der Waals surface area contributed by atoms with Gasteiger partial charge in [-0.3, -0.25) is 9.58 Å². The van der Waals surface area contributed by atoms with Crippen LogP contribution in [0.15, 0.2) is 12.4 Å². The molecule has 1 aromatic heterocycles. The van der Waals surface area contributed by atoms with E-state index in [1.165, 1.54) is 12.0 Å². The number of nitrogens with zero attached hydrogens (tertiary/aromatic N) is 3. The molecule has 0 aliphatic carbocycles. The summed E-state index contributed by atoms with van der Waals surface area (Å²) in [6, 6.07) is 0. The van der Waals surface area contributed by atoms with E-state index in [-0.39, 0.29) is 5.41 Å². The molecule has 118 valence electrons. The van der Waals surface area contributed by atoms with Crippen molar-refractivity contribution >= 4 is 0 Å². The fourth-order valence-corrected chi connectivity index (χ4v) is 3.84. The number of piperidine rings is 1. The average molecular weight is 293 g/mol. The van der Waals surface area contributed by atoms with Gasteiger partial charge in [0.25, 0.3) is 0 Å². The van der Waals surface area contributed by atoms with Gasteiger partial charge in [-0.15, -0.1) is 0 Å². The van der Waals surface area contributed by atoms with E-state index in [0.29, 0.717) is 6.10 Å². The maximum Gasteiger partial charge on any atom is 0.0677 e. The largest absolute Gasteiger partial charge is 0.381 e. The Kier molecular flexibility index (Phi) is 4.62. The van der Waals surface area contributed by atoms with Gasteiger partial charge < -0.3 is 9.47 Å². The molecule has 2 fully saturated rings. The number of hydrogen-bond donors (Lipinski definition) is 0. The van der Waals surface area contributed by atoms with Gasteiger partial charge in [-0.2, -0.15) is 5.10 Å². The number of fused-ring (bicyclic) bond motifs is 1. The van der Waals surface area contributed by atoms with Crippen LogP contribution >= 0.6 is 0 Å². The Bertz CT molecular complexity index is 462. The van der Waals surface area contributed by atoms with Crippen molar-refractivity contribution < 1.29 is 9.47 Å². The Morgan fingerprint density at radius 2 is 2.43 bits per heavy atom. The number of aromatic nitrogens is 2. The van der Waals surface area contributed by atoms with Crippen LogP contribution in [0.1, 0.15) is 31.7 Å². The van der Waals surface area contributed by atoms with E-state index < -0.39 is 0 Å². The van der Waals surface area contributed by atoms with E-state index in [9.17, 15) is 0 Å². The van der Waals surface area contributed by atoms with Crippen LogP contribution in [-0.2, 0) is 23.1 Å². The van der Waals surface area contributed by atoms with Gasteiger partial charge in [0.2, 0.25) is 0 Å².